The van der Waals surface area contributed by atoms with Gasteiger partial charge in [-0.25, -0.2) is 0 Å². The van der Waals surface area contributed by atoms with Crippen LogP contribution in [0.5, 0.6) is 0 Å². The lowest BCUT2D eigenvalue weighted by Gasteiger charge is -2.29. The van der Waals surface area contributed by atoms with Gasteiger partial charge in [-0.15, -0.1) is 24.0 Å². The van der Waals surface area contributed by atoms with Gasteiger partial charge in [-0.2, -0.15) is 0 Å². The molecule has 5 heteroatoms. The fourth-order valence-corrected chi connectivity index (χ4v) is 3.13. The van der Waals surface area contributed by atoms with Crippen molar-refractivity contribution in [3.63, 3.8) is 0 Å². The normalized spacial score (nSPS) is 14.7. The van der Waals surface area contributed by atoms with E-state index in [1.807, 2.05) is 7.05 Å². The van der Waals surface area contributed by atoms with Gasteiger partial charge < -0.3 is 10.2 Å². The average Bonchev–Trinajstić information content (AvgIpc) is 2.59. The van der Waals surface area contributed by atoms with Crippen LogP contribution in [-0.4, -0.2) is 56.0 Å². The molecule has 0 bridgehead atoms. The van der Waals surface area contributed by atoms with Crippen LogP contribution in [0.15, 0.2) is 29.3 Å². The predicted octanol–water partition coefficient (Wildman–Crippen LogP) is 3.36. The first-order chi connectivity index (χ1) is 11.2. The van der Waals surface area contributed by atoms with Gasteiger partial charge in [0.15, 0.2) is 5.96 Å². The molecule has 24 heavy (non-hydrogen) atoms. The second kappa shape index (κ2) is 11.7. The summed E-state index contributed by atoms with van der Waals surface area (Å²) in [7, 11) is 3.99. The predicted molar refractivity (Wildman–Crippen MR) is 114 cm³/mol. The van der Waals surface area contributed by atoms with Crippen molar-refractivity contribution in [2.75, 3.05) is 40.3 Å². The van der Waals surface area contributed by atoms with Crippen LogP contribution in [0.4, 0.5) is 0 Å². The number of hydrogen-bond donors (Lipinski definition) is 1. The highest BCUT2D eigenvalue weighted by molar-refractivity contribution is 14.0. The molecule has 0 radical (unpaired) electrons. The Kier molecular flexibility index (Phi) is 10.3. The average molecular weight is 444 g/mol. The third-order valence-corrected chi connectivity index (χ3v) is 4.56. The zero-order valence-electron chi connectivity index (χ0n) is 15.4. The van der Waals surface area contributed by atoms with Crippen molar-refractivity contribution >= 4 is 29.9 Å². The van der Waals surface area contributed by atoms with Crippen LogP contribution in [0.25, 0.3) is 0 Å². The summed E-state index contributed by atoms with van der Waals surface area (Å²) in [6.45, 7) is 7.71. The summed E-state index contributed by atoms with van der Waals surface area (Å²) in [5, 5.41) is 3.49. The van der Waals surface area contributed by atoms with Gasteiger partial charge in [-0.05, 0) is 30.4 Å². The Hall–Kier alpha value is -0.820. The van der Waals surface area contributed by atoms with Crippen molar-refractivity contribution in [3.8, 4) is 0 Å². The van der Waals surface area contributed by atoms with Crippen molar-refractivity contribution in [2.24, 2.45) is 4.99 Å². The summed E-state index contributed by atoms with van der Waals surface area (Å²) in [5.74, 6) is 1.02. The molecular formula is C19H33IN4. The Morgan fingerprint density at radius 1 is 1.25 bits per heavy atom. The number of aliphatic imine (C=N–C) groups is 1. The number of nitrogens with one attached hydrogen (secondary N) is 1. The van der Waals surface area contributed by atoms with Gasteiger partial charge >= 0.3 is 0 Å². The zero-order valence-corrected chi connectivity index (χ0v) is 17.8. The second-order valence-electron chi connectivity index (χ2n) is 6.40. The molecule has 2 rings (SSSR count). The van der Waals surface area contributed by atoms with Crippen LogP contribution >= 0.6 is 24.0 Å². The van der Waals surface area contributed by atoms with Gasteiger partial charge in [0.25, 0.3) is 0 Å². The van der Waals surface area contributed by atoms with E-state index in [4.69, 9.17) is 0 Å². The van der Waals surface area contributed by atoms with E-state index in [2.05, 4.69) is 58.3 Å². The number of hydrogen-bond acceptors (Lipinski definition) is 2. The first-order valence-corrected chi connectivity index (χ1v) is 8.95. The Balaban J connectivity index is 0.00000288. The molecule has 0 saturated carbocycles. The monoisotopic (exact) mass is 444 g/mol. The Labute approximate surface area is 164 Å². The molecule has 1 aromatic carbocycles. The summed E-state index contributed by atoms with van der Waals surface area (Å²) in [4.78, 5) is 9.16. The molecule has 0 spiro atoms. The molecule has 0 unspecified atom stereocenters. The molecule has 0 saturated heterocycles. The maximum atomic E-state index is 4.37. The number of nitrogens with zero attached hydrogens (tertiary/aromatic N) is 3. The van der Waals surface area contributed by atoms with Gasteiger partial charge in [0.05, 0.1) is 0 Å². The summed E-state index contributed by atoms with van der Waals surface area (Å²) < 4.78 is 0. The number of benzene rings is 1. The van der Waals surface area contributed by atoms with Crippen LogP contribution in [0.3, 0.4) is 0 Å². The molecule has 0 aromatic heterocycles. The van der Waals surface area contributed by atoms with E-state index in [9.17, 15) is 0 Å². The van der Waals surface area contributed by atoms with Gasteiger partial charge in [0.2, 0.25) is 0 Å². The van der Waals surface area contributed by atoms with E-state index in [1.54, 1.807) is 0 Å². The standard InChI is InChI=1S/C19H32N4.HI/c1-4-5-13-22(3)19(20-2)21-12-8-14-23-15-11-17-9-6-7-10-18(17)16-23;/h6-7,9-10H,4-5,8,11-16H2,1-3H3,(H,20,21);1H. The molecule has 0 atom stereocenters. The molecule has 1 N–H and O–H groups in total. The Morgan fingerprint density at radius 3 is 2.71 bits per heavy atom. The number of fused-ring (bicyclic) bond motifs is 1. The Morgan fingerprint density at radius 2 is 2.00 bits per heavy atom. The quantitative estimate of drug-likeness (QED) is 0.303. The van der Waals surface area contributed by atoms with Crippen LogP contribution in [0, 0.1) is 0 Å². The highest BCUT2D eigenvalue weighted by Crippen LogP contribution is 2.18. The first kappa shape index (κ1) is 21.2. The molecule has 1 heterocycles. The van der Waals surface area contributed by atoms with Crippen molar-refractivity contribution in [1.29, 1.82) is 0 Å². The lowest BCUT2D eigenvalue weighted by Crippen LogP contribution is -2.40. The van der Waals surface area contributed by atoms with Gasteiger partial charge in [0, 0.05) is 46.8 Å². The number of rotatable bonds is 7. The lowest BCUT2D eigenvalue weighted by atomic mass is 10.00. The summed E-state index contributed by atoms with van der Waals surface area (Å²) in [5.41, 5.74) is 3.03. The minimum atomic E-state index is 0. The zero-order chi connectivity index (χ0) is 16.5. The van der Waals surface area contributed by atoms with E-state index in [1.165, 1.54) is 36.9 Å². The number of guanidine groups is 1. The van der Waals surface area contributed by atoms with Crippen molar-refractivity contribution < 1.29 is 0 Å². The molecule has 0 amide bonds. The molecule has 4 nitrogen and oxygen atoms in total. The molecule has 1 aromatic rings. The molecule has 1 aliphatic rings. The minimum absolute atomic E-state index is 0. The SMILES string of the molecule is CCCCN(C)C(=NC)NCCCN1CCc2ccccc2C1.I. The summed E-state index contributed by atoms with van der Waals surface area (Å²) in [6, 6.07) is 8.84. The Bertz CT molecular complexity index is 504. The van der Waals surface area contributed by atoms with Crippen LogP contribution in [0.1, 0.15) is 37.3 Å². The maximum Gasteiger partial charge on any atom is 0.193 e. The van der Waals surface area contributed by atoms with E-state index in [0.29, 0.717) is 0 Å². The van der Waals surface area contributed by atoms with E-state index >= 15 is 0 Å². The van der Waals surface area contributed by atoms with Crippen molar-refractivity contribution in [3.05, 3.63) is 35.4 Å². The largest absolute Gasteiger partial charge is 0.356 e. The third kappa shape index (κ3) is 6.59. The molecule has 1 aliphatic heterocycles. The highest BCUT2D eigenvalue weighted by Gasteiger charge is 2.14. The first-order valence-electron chi connectivity index (χ1n) is 8.95. The van der Waals surface area contributed by atoms with E-state index < -0.39 is 0 Å². The van der Waals surface area contributed by atoms with Crippen molar-refractivity contribution in [2.45, 2.75) is 39.2 Å². The minimum Gasteiger partial charge on any atom is -0.356 e. The lowest BCUT2D eigenvalue weighted by molar-refractivity contribution is 0.251. The second-order valence-corrected chi connectivity index (χ2v) is 6.40. The fraction of sp³-hybridized carbons (Fsp3) is 0.632. The number of unbranched alkanes of at least 4 members (excludes halogenated alkanes) is 1. The molecule has 0 fully saturated rings. The molecular weight excluding hydrogens is 411 g/mol. The smallest absolute Gasteiger partial charge is 0.193 e. The molecule has 136 valence electrons. The third-order valence-electron chi connectivity index (χ3n) is 4.56. The van der Waals surface area contributed by atoms with Gasteiger partial charge in [-0.3, -0.25) is 9.89 Å². The fourth-order valence-electron chi connectivity index (χ4n) is 3.13. The van der Waals surface area contributed by atoms with Crippen molar-refractivity contribution in [1.82, 2.24) is 15.1 Å². The van der Waals surface area contributed by atoms with E-state index in [0.717, 1.165) is 38.6 Å². The van der Waals surface area contributed by atoms with E-state index in [-0.39, 0.29) is 24.0 Å². The summed E-state index contributed by atoms with van der Waals surface area (Å²) >= 11 is 0. The van der Waals surface area contributed by atoms with Crippen LogP contribution in [-0.2, 0) is 13.0 Å². The topological polar surface area (TPSA) is 30.9 Å². The molecule has 0 aliphatic carbocycles. The number of halogens is 1. The summed E-state index contributed by atoms with van der Waals surface area (Å²) in [6.07, 6.45) is 4.77. The van der Waals surface area contributed by atoms with Gasteiger partial charge in [0.1, 0.15) is 0 Å². The maximum absolute atomic E-state index is 4.37. The van der Waals surface area contributed by atoms with Crippen LogP contribution < -0.4 is 5.32 Å². The van der Waals surface area contributed by atoms with Gasteiger partial charge in [-0.1, -0.05) is 37.6 Å². The highest BCUT2D eigenvalue weighted by atomic mass is 127. The van der Waals surface area contributed by atoms with Crippen LogP contribution in [0.2, 0.25) is 0 Å².